The summed E-state index contributed by atoms with van der Waals surface area (Å²) in [5, 5.41) is 3.56. The van der Waals surface area contributed by atoms with Gasteiger partial charge in [-0.25, -0.2) is 0 Å². The fourth-order valence-corrected chi connectivity index (χ4v) is 2.61. The molecule has 1 aliphatic carbocycles. The average Bonchev–Trinajstić information content (AvgIpc) is 3.29. The number of hydrogen-bond donors (Lipinski definition) is 1. The maximum absolute atomic E-state index is 5.56. The molecule has 1 N–H and O–H groups in total. The Morgan fingerprint density at radius 2 is 1.70 bits per heavy atom. The van der Waals surface area contributed by atoms with Gasteiger partial charge in [-0.15, -0.1) is 0 Å². The molecular formula is C16H25NO3. The third-order valence-electron chi connectivity index (χ3n) is 3.82. The third-order valence-corrected chi connectivity index (χ3v) is 3.82. The second-order valence-electron chi connectivity index (χ2n) is 5.23. The van der Waals surface area contributed by atoms with Gasteiger partial charge in [0.25, 0.3) is 0 Å². The predicted octanol–water partition coefficient (Wildman–Crippen LogP) is 3.16. The van der Waals surface area contributed by atoms with Gasteiger partial charge in [0.2, 0.25) is 0 Å². The molecule has 0 spiro atoms. The average molecular weight is 279 g/mol. The van der Waals surface area contributed by atoms with Crippen LogP contribution >= 0.6 is 0 Å². The summed E-state index contributed by atoms with van der Waals surface area (Å²) >= 11 is 0. The zero-order valence-electron chi connectivity index (χ0n) is 12.9. The van der Waals surface area contributed by atoms with Crippen LogP contribution in [0.15, 0.2) is 12.1 Å². The van der Waals surface area contributed by atoms with Gasteiger partial charge in [0, 0.05) is 18.2 Å². The predicted molar refractivity (Wildman–Crippen MR) is 79.9 cm³/mol. The molecule has 4 heteroatoms. The first-order chi connectivity index (χ1) is 9.73. The molecule has 0 heterocycles. The van der Waals surface area contributed by atoms with E-state index >= 15 is 0 Å². The lowest BCUT2D eigenvalue weighted by Crippen LogP contribution is -2.22. The molecule has 1 aliphatic rings. The van der Waals surface area contributed by atoms with Crippen LogP contribution in [0.3, 0.4) is 0 Å². The molecule has 4 nitrogen and oxygen atoms in total. The summed E-state index contributed by atoms with van der Waals surface area (Å²) in [6.45, 7) is 3.05. The number of nitrogens with one attached hydrogen (secondary N) is 1. The van der Waals surface area contributed by atoms with E-state index in [1.165, 1.54) is 12.8 Å². The standard InChI is InChI=1S/C16H25NO3/c1-5-17-13(8-11-6-7-11)16-14(19-3)9-12(18-2)10-15(16)20-4/h9-11,13,17H,5-8H2,1-4H3. The highest BCUT2D eigenvalue weighted by Gasteiger charge is 2.29. The van der Waals surface area contributed by atoms with E-state index < -0.39 is 0 Å². The molecule has 2 rings (SSSR count). The molecule has 0 amide bonds. The lowest BCUT2D eigenvalue weighted by Gasteiger charge is -2.23. The topological polar surface area (TPSA) is 39.7 Å². The molecule has 0 bridgehead atoms. The Labute approximate surface area is 121 Å². The van der Waals surface area contributed by atoms with E-state index in [1.807, 2.05) is 12.1 Å². The van der Waals surface area contributed by atoms with E-state index in [2.05, 4.69) is 12.2 Å². The molecule has 1 aromatic carbocycles. The van der Waals surface area contributed by atoms with Crippen molar-refractivity contribution in [3.8, 4) is 17.2 Å². The van der Waals surface area contributed by atoms with Crippen LogP contribution in [-0.4, -0.2) is 27.9 Å². The Morgan fingerprint density at radius 1 is 1.10 bits per heavy atom. The Balaban J connectivity index is 2.38. The second kappa shape index (κ2) is 6.84. The smallest absolute Gasteiger partial charge is 0.131 e. The van der Waals surface area contributed by atoms with Crippen LogP contribution in [-0.2, 0) is 0 Å². The van der Waals surface area contributed by atoms with Gasteiger partial charge in [0.05, 0.1) is 26.9 Å². The Morgan fingerprint density at radius 3 is 2.10 bits per heavy atom. The summed E-state index contributed by atoms with van der Waals surface area (Å²) in [5.74, 6) is 3.24. The van der Waals surface area contributed by atoms with Crippen LogP contribution in [0.4, 0.5) is 0 Å². The molecule has 1 fully saturated rings. The molecule has 1 saturated carbocycles. The minimum Gasteiger partial charge on any atom is -0.496 e. The van der Waals surface area contributed by atoms with Crippen LogP contribution in [0, 0.1) is 5.92 Å². The zero-order valence-corrected chi connectivity index (χ0v) is 12.9. The number of ether oxygens (including phenoxy) is 3. The first-order valence-electron chi connectivity index (χ1n) is 7.26. The lowest BCUT2D eigenvalue weighted by atomic mass is 9.98. The highest BCUT2D eigenvalue weighted by atomic mass is 16.5. The summed E-state index contributed by atoms with van der Waals surface area (Å²) in [4.78, 5) is 0. The van der Waals surface area contributed by atoms with E-state index in [4.69, 9.17) is 14.2 Å². The molecule has 1 aromatic rings. The number of benzene rings is 1. The second-order valence-corrected chi connectivity index (χ2v) is 5.23. The Hall–Kier alpha value is -1.42. The van der Waals surface area contributed by atoms with Gasteiger partial charge in [-0.3, -0.25) is 0 Å². The quantitative estimate of drug-likeness (QED) is 0.793. The summed E-state index contributed by atoms with van der Waals surface area (Å²) < 4.78 is 16.4. The number of rotatable bonds is 8. The van der Waals surface area contributed by atoms with Gasteiger partial charge in [0.15, 0.2) is 0 Å². The van der Waals surface area contributed by atoms with Crippen LogP contribution in [0.2, 0.25) is 0 Å². The molecular weight excluding hydrogens is 254 g/mol. The highest BCUT2D eigenvalue weighted by Crippen LogP contribution is 2.44. The van der Waals surface area contributed by atoms with Crippen molar-refractivity contribution in [3.05, 3.63) is 17.7 Å². The highest BCUT2D eigenvalue weighted by molar-refractivity contribution is 5.52. The normalized spacial score (nSPS) is 15.8. The number of methoxy groups -OCH3 is 3. The van der Waals surface area contributed by atoms with Crippen LogP contribution in [0.5, 0.6) is 17.2 Å². The van der Waals surface area contributed by atoms with E-state index in [-0.39, 0.29) is 6.04 Å². The van der Waals surface area contributed by atoms with Crippen molar-refractivity contribution in [2.24, 2.45) is 5.92 Å². The van der Waals surface area contributed by atoms with Crippen molar-refractivity contribution in [3.63, 3.8) is 0 Å². The Kier molecular flexibility index (Phi) is 5.12. The van der Waals surface area contributed by atoms with Crippen LogP contribution in [0.1, 0.15) is 37.8 Å². The minimum atomic E-state index is 0.267. The van der Waals surface area contributed by atoms with E-state index in [0.717, 1.165) is 41.7 Å². The zero-order chi connectivity index (χ0) is 14.5. The third kappa shape index (κ3) is 3.37. The van der Waals surface area contributed by atoms with Gasteiger partial charge in [-0.2, -0.15) is 0 Å². The van der Waals surface area contributed by atoms with E-state index in [0.29, 0.717) is 0 Å². The van der Waals surface area contributed by atoms with Gasteiger partial charge in [-0.1, -0.05) is 19.8 Å². The van der Waals surface area contributed by atoms with E-state index in [1.54, 1.807) is 21.3 Å². The monoisotopic (exact) mass is 279 g/mol. The van der Waals surface area contributed by atoms with Crippen molar-refractivity contribution in [2.45, 2.75) is 32.2 Å². The summed E-state index contributed by atoms with van der Waals surface area (Å²) in [6.07, 6.45) is 3.80. The van der Waals surface area contributed by atoms with Crippen molar-refractivity contribution in [2.75, 3.05) is 27.9 Å². The van der Waals surface area contributed by atoms with Crippen molar-refractivity contribution in [1.29, 1.82) is 0 Å². The summed E-state index contributed by atoms with van der Waals surface area (Å²) in [7, 11) is 5.04. The fraction of sp³-hybridized carbons (Fsp3) is 0.625. The molecule has 0 aliphatic heterocycles. The van der Waals surface area contributed by atoms with Crippen LogP contribution < -0.4 is 19.5 Å². The SMILES string of the molecule is CCNC(CC1CC1)c1c(OC)cc(OC)cc1OC. The van der Waals surface area contributed by atoms with Gasteiger partial charge in [0.1, 0.15) is 17.2 Å². The van der Waals surface area contributed by atoms with E-state index in [9.17, 15) is 0 Å². The Bertz CT molecular complexity index is 418. The molecule has 0 radical (unpaired) electrons. The summed E-state index contributed by atoms with van der Waals surface area (Å²) in [6, 6.07) is 4.12. The number of hydrogen-bond acceptors (Lipinski definition) is 4. The largest absolute Gasteiger partial charge is 0.496 e. The molecule has 0 aromatic heterocycles. The maximum atomic E-state index is 5.56. The minimum absolute atomic E-state index is 0.267. The van der Waals surface area contributed by atoms with Crippen molar-refractivity contribution >= 4 is 0 Å². The fourth-order valence-electron chi connectivity index (χ4n) is 2.61. The molecule has 0 saturated heterocycles. The molecule has 1 unspecified atom stereocenters. The lowest BCUT2D eigenvalue weighted by molar-refractivity contribution is 0.352. The first kappa shape index (κ1) is 15.0. The summed E-state index contributed by atoms with van der Waals surface area (Å²) in [5.41, 5.74) is 1.10. The van der Waals surface area contributed by atoms with Gasteiger partial charge >= 0.3 is 0 Å². The molecule has 1 atom stereocenters. The molecule has 112 valence electrons. The maximum Gasteiger partial charge on any atom is 0.131 e. The van der Waals surface area contributed by atoms with Crippen molar-refractivity contribution < 1.29 is 14.2 Å². The van der Waals surface area contributed by atoms with Crippen LogP contribution in [0.25, 0.3) is 0 Å². The van der Waals surface area contributed by atoms with Gasteiger partial charge in [-0.05, 0) is 18.9 Å². The van der Waals surface area contributed by atoms with Gasteiger partial charge < -0.3 is 19.5 Å². The molecule has 20 heavy (non-hydrogen) atoms. The van der Waals surface area contributed by atoms with Crippen molar-refractivity contribution in [1.82, 2.24) is 5.32 Å². The first-order valence-corrected chi connectivity index (χ1v) is 7.26.